The van der Waals surface area contributed by atoms with Crippen molar-refractivity contribution in [2.75, 3.05) is 18.0 Å². The van der Waals surface area contributed by atoms with E-state index in [0.29, 0.717) is 6.42 Å². The van der Waals surface area contributed by atoms with Crippen molar-refractivity contribution in [2.45, 2.75) is 31.3 Å². The smallest absolute Gasteiger partial charge is 0.237 e. The van der Waals surface area contributed by atoms with Crippen LogP contribution in [0.2, 0.25) is 0 Å². The maximum absolute atomic E-state index is 11.8. The first-order valence-corrected chi connectivity index (χ1v) is 7.03. The van der Waals surface area contributed by atoms with Crippen molar-refractivity contribution < 1.29 is 4.79 Å². The SMILES string of the molecule is C=CCC(N)C(=O)NC1CCN(c2ccccn2)CC1. The van der Waals surface area contributed by atoms with Crippen LogP contribution in [0.4, 0.5) is 5.82 Å². The van der Waals surface area contributed by atoms with Crippen LogP contribution in [0, 0.1) is 0 Å². The van der Waals surface area contributed by atoms with Gasteiger partial charge in [0.2, 0.25) is 5.91 Å². The van der Waals surface area contributed by atoms with E-state index >= 15 is 0 Å². The highest BCUT2D eigenvalue weighted by Crippen LogP contribution is 2.17. The van der Waals surface area contributed by atoms with Crippen LogP contribution in [0.25, 0.3) is 0 Å². The first kappa shape index (κ1) is 14.5. The predicted octanol–water partition coefficient (Wildman–Crippen LogP) is 1.07. The van der Waals surface area contributed by atoms with E-state index in [2.05, 4.69) is 21.8 Å². The normalized spacial score (nSPS) is 17.6. The van der Waals surface area contributed by atoms with Gasteiger partial charge >= 0.3 is 0 Å². The lowest BCUT2D eigenvalue weighted by Gasteiger charge is -2.33. The maximum atomic E-state index is 11.8. The highest BCUT2D eigenvalue weighted by Gasteiger charge is 2.23. The third-order valence-corrected chi connectivity index (χ3v) is 3.57. The minimum atomic E-state index is -0.485. The fourth-order valence-corrected chi connectivity index (χ4v) is 2.39. The second kappa shape index (κ2) is 7.05. The first-order chi connectivity index (χ1) is 9.70. The minimum Gasteiger partial charge on any atom is -0.356 e. The van der Waals surface area contributed by atoms with E-state index in [0.717, 1.165) is 31.7 Å². The number of hydrogen-bond acceptors (Lipinski definition) is 4. The Balaban J connectivity index is 1.80. The topological polar surface area (TPSA) is 71.2 Å². The minimum absolute atomic E-state index is 0.0822. The van der Waals surface area contributed by atoms with Gasteiger partial charge in [-0.25, -0.2) is 4.98 Å². The fourth-order valence-electron chi connectivity index (χ4n) is 2.39. The van der Waals surface area contributed by atoms with E-state index < -0.39 is 6.04 Å². The molecule has 1 aliphatic heterocycles. The third kappa shape index (κ3) is 3.81. The molecule has 1 aromatic heterocycles. The molecule has 0 radical (unpaired) electrons. The quantitative estimate of drug-likeness (QED) is 0.788. The molecule has 1 fully saturated rings. The van der Waals surface area contributed by atoms with Gasteiger partial charge in [0.1, 0.15) is 5.82 Å². The number of carbonyl (C=O) groups is 1. The Bertz CT molecular complexity index is 440. The van der Waals surface area contributed by atoms with Gasteiger partial charge in [-0.3, -0.25) is 4.79 Å². The molecule has 5 nitrogen and oxygen atoms in total. The molecule has 108 valence electrons. The van der Waals surface area contributed by atoms with Gasteiger partial charge in [-0.05, 0) is 31.4 Å². The Morgan fingerprint density at radius 3 is 2.90 bits per heavy atom. The van der Waals surface area contributed by atoms with E-state index in [9.17, 15) is 4.79 Å². The molecule has 1 unspecified atom stereocenters. The summed E-state index contributed by atoms with van der Waals surface area (Å²) in [6, 6.07) is 5.64. The molecule has 2 rings (SSSR count). The molecular weight excluding hydrogens is 252 g/mol. The summed E-state index contributed by atoms with van der Waals surface area (Å²) in [5, 5.41) is 3.02. The van der Waals surface area contributed by atoms with Crippen molar-refractivity contribution in [3.63, 3.8) is 0 Å². The number of aromatic nitrogens is 1. The van der Waals surface area contributed by atoms with Gasteiger partial charge in [0.15, 0.2) is 0 Å². The van der Waals surface area contributed by atoms with Gasteiger partial charge in [-0.2, -0.15) is 0 Å². The molecule has 5 heteroatoms. The monoisotopic (exact) mass is 274 g/mol. The summed E-state index contributed by atoms with van der Waals surface area (Å²) in [6.07, 6.45) is 5.83. The van der Waals surface area contributed by atoms with Crippen LogP contribution in [0.1, 0.15) is 19.3 Å². The molecule has 0 bridgehead atoms. The van der Waals surface area contributed by atoms with E-state index in [-0.39, 0.29) is 11.9 Å². The second-order valence-corrected chi connectivity index (χ2v) is 5.09. The number of amides is 1. The molecule has 0 spiro atoms. The van der Waals surface area contributed by atoms with Crippen LogP contribution in [0.3, 0.4) is 0 Å². The van der Waals surface area contributed by atoms with E-state index in [1.165, 1.54) is 0 Å². The summed E-state index contributed by atoms with van der Waals surface area (Å²) in [5.41, 5.74) is 5.76. The molecule has 20 heavy (non-hydrogen) atoms. The van der Waals surface area contributed by atoms with Crippen LogP contribution in [-0.4, -0.2) is 36.1 Å². The van der Waals surface area contributed by atoms with Gasteiger partial charge < -0.3 is 16.0 Å². The molecular formula is C15H22N4O. The number of piperidine rings is 1. The van der Waals surface area contributed by atoms with E-state index in [4.69, 9.17) is 5.73 Å². The summed E-state index contributed by atoms with van der Waals surface area (Å²) in [4.78, 5) is 18.4. The third-order valence-electron chi connectivity index (χ3n) is 3.57. The van der Waals surface area contributed by atoms with Gasteiger partial charge in [0.05, 0.1) is 6.04 Å². The number of anilines is 1. The average Bonchev–Trinajstić information content (AvgIpc) is 2.49. The zero-order valence-electron chi connectivity index (χ0n) is 11.7. The highest BCUT2D eigenvalue weighted by atomic mass is 16.2. The number of rotatable bonds is 5. The van der Waals surface area contributed by atoms with E-state index in [1.54, 1.807) is 12.3 Å². The van der Waals surface area contributed by atoms with Crippen LogP contribution < -0.4 is 16.0 Å². The van der Waals surface area contributed by atoms with Crippen molar-refractivity contribution in [1.82, 2.24) is 10.3 Å². The van der Waals surface area contributed by atoms with Crippen molar-refractivity contribution in [2.24, 2.45) is 5.73 Å². The summed E-state index contributed by atoms with van der Waals surface area (Å²) in [6.45, 7) is 5.40. The zero-order chi connectivity index (χ0) is 14.4. The summed E-state index contributed by atoms with van der Waals surface area (Å²) >= 11 is 0. The summed E-state index contributed by atoms with van der Waals surface area (Å²) in [7, 11) is 0. The molecule has 0 aromatic carbocycles. The van der Waals surface area contributed by atoms with E-state index in [1.807, 2.05) is 18.2 Å². The van der Waals surface area contributed by atoms with Crippen LogP contribution >= 0.6 is 0 Å². The first-order valence-electron chi connectivity index (χ1n) is 7.03. The Labute approximate surface area is 119 Å². The number of nitrogens with two attached hydrogens (primary N) is 1. The molecule has 3 N–H and O–H groups in total. The molecule has 0 aliphatic carbocycles. The predicted molar refractivity (Wildman–Crippen MR) is 80.4 cm³/mol. The number of pyridine rings is 1. The largest absolute Gasteiger partial charge is 0.356 e. The van der Waals surface area contributed by atoms with Crippen LogP contribution in [0.15, 0.2) is 37.1 Å². The molecule has 2 heterocycles. The van der Waals surface area contributed by atoms with Crippen molar-refractivity contribution in [3.05, 3.63) is 37.1 Å². The summed E-state index contributed by atoms with van der Waals surface area (Å²) < 4.78 is 0. The van der Waals surface area contributed by atoms with Gasteiger partial charge in [0.25, 0.3) is 0 Å². The number of carbonyl (C=O) groups excluding carboxylic acids is 1. The van der Waals surface area contributed by atoms with Gasteiger partial charge in [-0.15, -0.1) is 6.58 Å². The Hall–Kier alpha value is -1.88. The number of nitrogens with zero attached hydrogens (tertiary/aromatic N) is 2. The lowest BCUT2D eigenvalue weighted by atomic mass is 10.0. The number of nitrogens with one attached hydrogen (secondary N) is 1. The second-order valence-electron chi connectivity index (χ2n) is 5.09. The standard InChI is InChI=1S/C15H22N4O/c1-2-5-13(16)15(20)18-12-7-10-19(11-8-12)14-6-3-4-9-17-14/h2-4,6,9,12-13H,1,5,7-8,10-11,16H2,(H,18,20). The Morgan fingerprint density at radius 1 is 1.55 bits per heavy atom. The lowest BCUT2D eigenvalue weighted by molar-refractivity contribution is -0.123. The summed E-state index contributed by atoms with van der Waals surface area (Å²) in [5.74, 6) is 0.918. The van der Waals surface area contributed by atoms with Crippen molar-refractivity contribution in [1.29, 1.82) is 0 Å². The average molecular weight is 274 g/mol. The molecule has 1 atom stereocenters. The van der Waals surface area contributed by atoms with Crippen molar-refractivity contribution >= 4 is 11.7 Å². The lowest BCUT2D eigenvalue weighted by Crippen LogP contribution is -2.49. The Kier molecular flexibility index (Phi) is 5.12. The van der Waals surface area contributed by atoms with Crippen molar-refractivity contribution in [3.8, 4) is 0 Å². The fraction of sp³-hybridized carbons (Fsp3) is 0.467. The molecule has 1 amide bonds. The molecule has 1 saturated heterocycles. The molecule has 1 aromatic rings. The van der Waals surface area contributed by atoms with Gasteiger partial charge in [-0.1, -0.05) is 12.1 Å². The number of hydrogen-bond donors (Lipinski definition) is 2. The highest BCUT2D eigenvalue weighted by molar-refractivity contribution is 5.81. The van der Waals surface area contributed by atoms with Gasteiger partial charge in [0, 0.05) is 25.3 Å². The van der Waals surface area contributed by atoms with Crippen LogP contribution in [-0.2, 0) is 4.79 Å². The maximum Gasteiger partial charge on any atom is 0.237 e. The zero-order valence-corrected chi connectivity index (χ0v) is 11.7. The molecule has 1 aliphatic rings. The van der Waals surface area contributed by atoms with Crippen LogP contribution in [0.5, 0.6) is 0 Å². The Morgan fingerprint density at radius 2 is 2.30 bits per heavy atom. The molecule has 0 saturated carbocycles.